The lowest BCUT2D eigenvalue weighted by molar-refractivity contribution is -0.384. The first-order valence-corrected chi connectivity index (χ1v) is 12.8. The Morgan fingerprint density at radius 3 is 2.40 bits per heavy atom. The van der Waals surface area contributed by atoms with Gasteiger partial charge in [0.2, 0.25) is 11.8 Å². The zero-order valence-corrected chi connectivity index (χ0v) is 23.7. The fraction of sp³-hybridized carbons (Fsp3) is 0.280. The average Bonchev–Trinajstić information content (AvgIpc) is 3.28. The summed E-state index contributed by atoms with van der Waals surface area (Å²) < 4.78 is 33.6. The van der Waals surface area contributed by atoms with Crippen LogP contribution in [0.1, 0.15) is 17.8 Å². The molecule has 0 bridgehead atoms. The first-order valence-electron chi connectivity index (χ1n) is 12.1. The number of aromatic nitrogens is 4. The Morgan fingerprint density at radius 1 is 1.14 bits per heavy atom. The van der Waals surface area contributed by atoms with Gasteiger partial charge >= 0.3 is 17.8 Å². The quantitative estimate of drug-likeness (QED) is 0.125. The number of carboxylic acids is 1. The van der Waals surface area contributed by atoms with Crippen LogP contribution in [-0.2, 0) is 17.8 Å². The molecule has 0 saturated heterocycles. The van der Waals surface area contributed by atoms with E-state index in [2.05, 4.69) is 10.3 Å². The second-order valence-corrected chi connectivity index (χ2v) is 9.93. The van der Waals surface area contributed by atoms with Gasteiger partial charge in [-0.25, -0.2) is 19.7 Å². The number of nitrogens with one attached hydrogen (secondary N) is 1. The Hall–Kier alpha value is -4.21. The molecule has 4 aromatic rings. The van der Waals surface area contributed by atoms with E-state index in [0.717, 1.165) is 16.9 Å². The number of alkyl halides is 3. The molecule has 0 aliphatic carbocycles. The van der Waals surface area contributed by atoms with Crippen LogP contribution in [-0.4, -0.2) is 67.1 Å². The number of aryl methyl sites for hydroxylation is 1. The third-order valence-corrected chi connectivity index (χ3v) is 6.03. The first-order chi connectivity index (χ1) is 19.6. The van der Waals surface area contributed by atoms with Gasteiger partial charge in [-0.15, -0.1) is 0 Å². The number of hydrogen-bond acceptors (Lipinski definition) is 9. The largest absolute Gasteiger partial charge is 0.490 e. The van der Waals surface area contributed by atoms with E-state index in [0.29, 0.717) is 53.3 Å². The summed E-state index contributed by atoms with van der Waals surface area (Å²) in [6, 6.07) is 10.2. The molecule has 4 rings (SSSR count). The number of hydrogen-bond donors (Lipinski definition) is 3. The fourth-order valence-electron chi connectivity index (χ4n) is 3.67. The van der Waals surface area contributed by atoms with E-state index in [1.165, 1.54) is 6.07 Å². The van der Waals surface area contributed by atoms with Gasteiger partial charge in [-0.1, -0.05) is 23.2 Å². The number of carbonyl (C=O) groups is 1. The smallest absolute Gasteiger partial charge is 0.475 e. The maximum atomic E-state index is 10.9. The van der Waals surface area contributed by atoms with E-state index < -0.39 is 17.1 Å². The second-order valence-electron chi connectivity index (χ2n) is 9.08. The van der Waals surface area contributed by atoms with Crippen molar-refractivity contribution in [3.63, 3.8) is 0 Å². The van der Waals surface area contributed by atoms with Crippen LogP contribution in [0.15, 0.2) is 42.6 Å². The molecular weight excluding hydrogens is 604 g/mol. The molecule has 0 aliphatic rings. The summed E-state index contributed by atoms with van der Waals surface area (Å²) in [7, 11) is 3.97. The third kappa shape index (κ3) is 8.64. The van der Waals surface area contributed by atoms with Crippen molar-refractivity contribution in [3.05, 3.63) is 74.1 Å². The van der Waals surface area contributed by atoms with E-state index >= 15 is 0 Å². The summed E-state index contributed by atoms with van der Waals surface area (Å²) in [5.74, 6) is -2.21. The van der Waals surface area contributed by atoms with Crippen LogP contribution in [0.25, 0.3) is 16.9 Å². The molecule has 3 heterocycles. The monoisotopic (exact) mass is 628 g/mol. The predicted octanol–water partition coefficient (Wildman–Crippen LogP) is 5.33. The van der Waals surface area contributed by atoms with E-state index in [-0.39, 0.29) is 11.5 Å². The summed E-state index contributed by atoms with van der Waals surface area (Å²) in [6.45, 7) is 1.27. The Morgan fingerprint density at radius 2 is 1.83 bits per heavy atom. The minimum Gasteiger partial charge on any atom is -0.475 e. The molecule has 224 valence electrons. The Kier molecular flexibility index (Phi) is 10.5. The lowest BCUT2D eigenvalue weighted by Gasteiger charge is -2.11. The molecule has 0 amide bonds. The number of anilines is 2. The topological polar surface area (TPSA) is 165 Å². The van der Waals surface area contributed by atoms with Gasteiger partial charge in [0.1, 0.15) is 5.65 Å². The third-order valence-electron chi connectivity index (χ3n) is 5.48. The number of aliphatic carboxylic acids is 1. The molecule has 4 N–H and O–H groups in total. The van der Waals surface area contributed by atoms with Crippen LogP contribution in [0.2, 0.25) is 10.0 Å². The molecule has 0 atom stereocenters. The van der Waals surface area contributed by atoms with Crippen molar-refractivity contribution in [3.8, 4) is 11.3 Å². The molecule has 12 nitrogen and oxygen atoms in total. The van der Waals surface area contributed by atoms with Gasteiger partial charge < -0.3 is 21.1 Å². The van der Waals surface area contributed by atoms with Crippen LogP contribution in [0.3, 0.4) is 0 Å². The maximum absolute atomic E-state index is 10.9. The van der Waals surface area contributed by atoms with E-state index in [1.807, 2.05) is 41.7 Å². The summed E-state index contributed by atoms with van der Waals surface area (Å²) in [6.07, 6.45) is -1.83. The predicted molar refractivity (Wildman–Crippen MR) is 152 cm³/mol. The number of pyridine rings is 1. The molecular formula is C25H25Cl2F3N8O4. The molecule has 0 spiro atoms. The van der Waals surface area contributed by atoms with Gasteiger partial charge in [0.15, 0.2) is 0 Å². The SMILES string of the molecule is CN(C)Cc1cn2c(NCCCc3ccc([N+](=O)[O-])c(N)n3)nc(-c3ccc(Cl)cc3Cl)cc2n1.O=C(O)C(F)(F)F. The van der Waals surface area contributed by atoms with Crippen molar-refractivity contribution in [2.45, 2.75) is 25.6 Å². The van der Waals surface area contributed by atoms with Gasteiger partial charge in [0, 0.05) is 47.7 Å². The van der Waals surface area contributed by atoms with Gasteiger partial charge in [-0.2, -0.15) is 13.2 Å². The number of nitrogens with two attached hydrogens (primary N) is 1. The number of nitrogens with zero attached hydrogens (tertiary/aromatic N) is 6. The van der Waals surface area contributed by atoms with Crippen molar-refractivity contribution in [1.82, 2.24) is 24.3 Å². The zero-order chi connectivity index (χ0) is 31.2. The highest BCUT2D eigenvalue weighted by Gasteiger charge is 2.38. The molecule has 0 radical (unpaired) electrons. The summed E-state index contributed by atoms with van der Waals surface area (Å²) >= 11 is 12.5. The number of carboxylic acid groups (broad SMARTS) is 1. The molecule has 3 aromatic heterocycles. The van der Waals surface area contributed by atoms with E-state index in [1.54, 1.807) is 18.2 Å². The highest BCUT2D eigenvalue weighted by Crippen LogP contribution is 2.31. The Balaban J connectivity index is 0.000000616. The van der Waals surface area contributed by atoms with Crippen LogP contribution in [0, 0.1) is 10.1 Å². The molecule has 17 heteroatoms. The number of benzene rings is 1. The molecule has 0 saturated carbocycles. The van der Waals surface area contributed by atoms with Crippen LogP contribution in [0.5, 0.6) is 0 Å². The summed E-state index contributed by atoms with van der Waals surface area (Å²) in [5, 5.41) is 22.5. The van der Waals surface area contributed by atoms with Crippen molar-refractivity contribution in [1.29, 1.82) is 0 Å². The van der Waals surface area contributed by atoms with E-state index in [9.17, 15) is 23.3 Å². The Bertz CT molecular complexity index is 1600. The summed E-state index contributed by atoms with van der Waals surface area (Å²) in [5.41, 5.74) is 9.27. The minimum atomic E-state index is -5.08. The number of imidazole rings is 1. The fourth-order valence-corrected chi connectivity index (χ4v) is 4.18. The van der Waals surface area contributed by atoms with Crippen molar-refractivity contribution < 1.29 is 28.0 Å². The zero-order valence-electron chi connectivity index (χ0n) is 22.2. The number of rotatable bonds is 9. The van der Waals surface area contributed by atoms with E-state index in [4.69, 9.17) is 48.8 Å². The maximum Gasteiger partial charge on any atom is 0.490 e. The first kappa shape index (κ1) is 32.3. The molecule has 0 fully saturated rings. The number of nitrogen functional groups attached to an aromatic ring is 1. The lowest BCUT2D eigenvalue weighted by Crippen LogP contribution is -2.21. The van der Waals surface area contributed by atoms with Crippen LogP contribution < -0.4 is 11.1 Å². The number of halogens is 5. The molecule has 42 heavy (non-hydrogen) atoms. The highest BCUT2D eigenvalue weighted by atomic mass is 35.5. The van der Waals surface area contributed by atoms with Gasteiger partial charge in [-0.3, -0.25) is 14.5 Å². The van der Waals surface area contributed by atoms with Crippen LogP contribution in [0.4, 0.5) is 30.6 Å². The molecule has 0 aliphatic heterocycles. The Labute approximate surface area is 247 Å². The number of fused-ring (bicyclic) bond motifs is 1. The van der Waals surface area contributed by atoms with Crippen molar-refractivity contribution in [2.24, 2.45) is 0 Å². The highest BCUT2D eigenvalue weighted by molar-refractivity contribution is 6.36. The van der Waals surface area contributed by atoms with Crippen molar-refractivity contribution >= 4 is 52.3 Å². The van der Waals surface area contributed by atoms with Gasteiger partial charge in [0.05, 0.1) is 21.3 Å². The molecule has 1 aromatic carbocycles. The standard InChI is InChI=1S/C23H24Cl2N8O2.C2HF3O2/c1-31(2)12-16-13-32-21(28-16)11-19(17-7-5-14(24)10-18(17)25)30-23(32)27-9-3-4-15-6-8-20(33(34)35)22(26)29-15;3-2(4,5)1(6)7/h5-8,10-11,13H,3-4,9,12H2,1-2H3,(H2,26,29)(H,27,30);(H,6,7). The minimum absolute atomic E-state index is 0.0804. The van der Waals surface area contributed by atoms with Crippen LogP contribution >= 0.6 is 23.2 Å². The average molecular weight is 629 g/mol. The van der Waals surface area contributed by atoms with Gasteiger partial charge in [0.25, 0.3) is 0 Å². The van der Waals surface area contributed by atoms with Gasteiger partial charge in [-0.05, 0) is 51.2 Å². The van der Waals surface area contributed by atoms with Crippen molar-refractivity contribution in [2.75, 3.05) is 31.7 Å². The summed E-state index contributed by atoms with van der Waals surface area (Å²) in [4.78, 5) is 35.0. The molecule has 0 unspecified atom stereocenters. The second kappa shape index (κ2) is 13.6. The normalized spacial score (nSPS) is 11.3. The lowest BCUT2D eigenvalue weighted by atomic mass is 10.1. The number of nitro groups is 1.